The van der Waals surface area contributed by atoms with Crippen molar-refractivity contribution in [2.75, 3.05) is 11.1 Å². The van der Waals surface area contributed by atoms with Crippen molar-refractivity contribution in [2.45, 2.75) is 0 Å². The van der Waals surface area contributed by atoms with E-state index in [2.05, 4.69) is 25.4 Å². The monoisotopic (exact) mass is 281 g/mol. The average molecular weight is 281 g/mol. The number of pyridine rings is 2. The summed E-state index contributed by atoms with van der Waals surface area (Å²) in [6, 6.07) is 6.60. The number of hydrogen-bond donors (Lipinski definition) is 2. The number of carbonyl (C=O) groups excluding carboxylic acids is 1. The summed E-state index contributed by atoms with van der Waals surface area (Å²) >= 11 is 0. The van der Waals surface area contributed by atoms with E-state index in [9.17, 15) is 4.79 Å². The zero-order valence-corrected chi connectivity index (χ0v) is 10.8. The van der Waals surface area contributed by atoms with E-state index in [-0.39, 0.29) is 11.6 Å². The lowest BCUT2D eigenvalue weighted by atomic mass is 10.3. The van der Waals surface area contributed by atoms with Gasteiger partial charge in [-0.2, -0.15) is 5.10 Å². The van der Waals surface area contributed by atoms with Gasteiger partial charge < -0.3 is 11.1 Å². The largest absolute Gasteiger partial charge is 0.397 e. The molecule has 3 N–H and O–H groups in total. The van der Waals surface area contributed by atoms with Gasteiger partial charge in [-0.1, -0.05) is 0 Å². The maximum atomic E-state index is 12.2. The fourth-order valence-electron chi connectivity index (χ4n) is 1.72. The summed E-state index contributed by atoms with van der Waals surface area (Å²) in [5.41, 5.74) is 6.81. The molecule has 0 saturated heterocycles. The molecular weight excluding hydrogens is 270 g/mol. The highest BCUT2D eigenvalue weighted by Gasteiger charge is 2.12. The van der Waals surface area contributed by atoms with Crippen LogP contribution in [0.1, 0.15) is 10.5 Å². The summed E-state index contributed by atoms with van der Waals surface area (Å²) in [5, 5.41) is 6.74. The molecule has 0 saturated carbocycles. The minimum absolute atomic E-state index is 0.262. The van der Waals surface area contributed by atoms with Gasteiger partial charge in [0.2, 0.25) is 0 Å². The number of hydrogen-bond acceptors (Lipinski definition) is 6. The molecule has 0 atom stereocenters. The van der Waals surface area contributed by atoms with Crippen molar-refractivity contribution >= 4 is 17.3 Å². The van der Waals surface area contributed by atoms with Gasteiger partial charge in [0.1, 0.15) is 18.3 Å². The highest BCUT2D eigenvalue weighted by molar-refractivity contribution is 6.03. The van der Waals surface area contributed by atoms with Crippen LogP contribution < -0.4 is 11.1 Å². The van der Waals surface area contributed by atoms with Crippen molar-refractivity contribution in [2.24, 2.45) is 0 Å². The van der Waals surface area contributed by atoms with E-state index >= 15 is 0 Å². The van der Waals surface area contributed by atoms with Gasteiger partial charge >= 0.3 is 0 Å². The van der Waals surface area contributed by atoms with E-state index in [1.807, 2.05) is 0 Å². The molecule has 8 heteroatoms. The number of carbonyl (C=O) groups is 1. The van der Waals surface area contributed by atoms with Gasteiger partial charge in [0.15, 0.2) is 5.82 Å². The Hall–Kier alpha value is -3.29. The maximum absolute atomic E-state index is 12.2. The van der Waals surface area contributed by atoms with E-state index in [1.165, 1.54) is 23.5 Å². The molecule has 104 valence electrons. The molecule has 3 heterocycles. The van der Waals surface area contributed by atoms with Crippen molar-refractivity contribution < 1.29 is 4.79 Å². The summed E-state index contributed by atoms with van der Waals surface area (Å²) in [4.78, 5) is 24.2. The van der Waals surface area contributed by atoms with Gasteiger partial charge in [0, 0.05) is 6.20 Å². The number of nitrogen functional groups attached to an aromatic ring is 1. The zero-order valence-electron chi connectivity index (χ0n) is 10.8. The van der Waals surface area contributed by atoms with E-state index in [1.54, 1.807) is 30.5 Å². The van der Waals surface area contributed by atoms with Crippen molar-refractivity contribution in [1.29, 1.82) is 0 Å². The minimum Gasteiger partial charge on any atom is -0.397 e. The zero-order chi connectivity index (χ0) is 14.7. The number of nitrogens with zero attached hydrogens (tertiary/aromatic N) is 5. The van der Waals surface area contributed by atoms with Crippen LogP contribution in [-0.2, 0) is 0 Å². The number of rotatable bonds is 3. The molecule has 0 aromatic carbocycles. The third-order valence-corrected chi connectivity index (χ3v) is 2.69. The standard InChI is InChI=1S/C13H11N7O/c14-9-3-4-11(17-6-9)13(21)19-10-2-1-5-16-12(10)20-8-15-7-18-20/h1-8H,14H2,(H,19,21). The number of nitrogens with two attached hydrogens (primary N) is 1. The molecule has 0 fully saturated rings. The Balaban J connectivity index is 1.88. The first kappa shape index (κ1) is 12.7. The molecule has 0 spiro atoms. The fraction of sp³-hybridized carbons (Fsp3) is 0. The Morgan fingerprint density at radius 2 is 2.14 bits per heavy atom. The maximum Gasteiger partial charge on any atom is 0.274 e. The van der Waals surface area contributed by atoms with Crippen molar-refractivity contribution in [3.8, 4) is 5.82 Å². The van der Waals surface area contributed by atoms with Crippen LogP contribution in [0.4, 0.5) is 11.4 Å². The molecule has 0 unspecified atom stereocenters. The Morgan fingerprint density at radius 3 is 2.86 bits per heavy atom. The molecule has 3 aromatic rings. The lowest BCUT2D eigenvalue weighted by Crippen LogP contribution is -2.16. The van der Waals surface area contributed by atoms with E-state index < -0.39 is 0 Å². The van der Waals surface area contributed by atoms with Gasteiger partial charge in [-0.25, -0.2) is 19.6 Å². The number of aromatic nitrogens is 5. The van der Waals surface area contributed by atoms with Crippen LogP contribution in [0.3, 0.4) is 0 Å². The first-order valence-corrected chi connectivity index (χ1v) is 6.07. The Labute approximate surface area is 119 Å². The van der Waals surface area contributed by atoms with Gasteiger partial charge in [-0.05, 0) is 24.3 Å². The molecule has 3 aromatic heterocycles. The van der Waals surface area contributed by atoms with Crippen molar-refractivity contribution in [3.05, 3.63) is 55.0 Å². The molecule has 1 amide bonds. The second-order valence-corrected chi connectivity index (χ2v) is 4.15. The Morgan fingerprint density at radius 1 is 1.24 bits per heavy atom. The van der Waals surface area contributed by atoms with Crippen LogP contribution in [-0.4, -0.2) is 30.6 Å². The number of nitrogens with one attached hydrogen (secondary N) is 1. The summed E-state index contributed by atoms with van der Waals surface area (Å²) in [6.07, 6.45) is 5.92. The molecule has 0 aliphatic carbocycles. The van der Waals surface area contributed by atoms with Gasteiger partial charge in [-0.15, -0.1) is 0 Å². The van der Waals surface area contributed by atoms with Crippen LogP contribution in [0.25, 0.3) is 5.82 Å². The van der Waals surface area contributed by atoms with Crippen LogP contribution in [0.5, 0.6) is 0 Å². The molecule has 0 aliphatic rings. The van der Waals surface area contributed by atoms with Crippen LogP contribution in [0.2, 0.25) is 0 Å². The van der Waals surface area contributed by atoms with Gasteiger partial charge in [-0.3, -0.25) is 4.79 Å². The van der Waals surface area contributed by atoms with Gasteiger partial charge in [0.25, 0.3) is 5.91 Å². The smallest absolute Gasteiger partial charge is 0.274 e. The van der Waals surface area contributed by atoms with Crippen LogP contribution >= 0.6 is 0 Å². The molecule has 0 bridgehead atoms. The number of amides is 1. The summed E-state index contributed by atoms with van der Waals surface area (Å²) < 4.78 is 1.46. The first-order chi connectivity index (χ1) is 10.2. The van der Waals surface area contributed by atoms with Crippen molar-refractivity contribution in [1.82, 2.24) is 24.7 Å². The van der Waals surface area contributed by atoms with Crippen LogP contribution in [0.15, 0.2) is 49.3 Å². The van der Waals surface area contributed by atoms with E-state index in [4.69, 9.17) is 5.73 Å². The lowest BCUT2D eigenvalue weighted by Gasteiger charge is -2.09. The first-order valence-electron chi connectivity index (χ1n) is 6.07. The highest BCUT2D eigenvalue weighted by atomic mass is 16.1. The van der Waals surface area contributed by atoms with Gasteiger partial charge in [0.05, 0.1) is 17.6 Å². The number of anilines is 2. The quantitative estimate of drug-likeness (QED) is 0.737. The molecule has 0 aliphatic heterocycles. The van der Waals surface area contributed by atoms with Crippen LogP contribution in [0, 0.1) is 0 Å². The Kier molecular flexibility index (Phi) is 3.26. The molecule has 0 radical (unpaired) electrons. The lowest BCUT2D eigenvalue weighted by molar-refractivity contribution is 0.102. The normalized spacial score (nSPS) is 10.3. The molecule has 21 heavy (non-hydrogen) atoms. The Bertz CT molecular complexity index is 752. The topological polar surface area (TPSA) is 112 Å². The SMILES string of the molecule is Nc1ccc(C(=O)Nc2cccnc2-n2cncn2)nc1. The predicted octanol–water partition coefficient (Wildman–Crippen LogP) is 0.892. The summed E-state index contributed by atoms with van der Waals surface area (Å²) in [5.74, 6) is 0.114. The molecule has 8 nitrogen and oxygen atoms in total. The van der Waals surface area contributed by atoms with E-state index in [0.717, 1.165) is 0 Å². The molecule has 3 rings (SSSR count). The summed E-state index contributed by atoms with van der Waals surface area (Å²) in [6.45, 7) is 0. The second kappa shape index (κ2) is 5.37. The van der Waals surface area contributed by atoms with Crippen molar-refractivity contribution in [3.63, 3.8) is 0 Å². The predicted molar refractivity (Wildman–Crippen MR) is 75.8 cm³/mol. The average Bonchev–Trinajstić information content (AvgIpc) is 3.02. The highest BCUT2D eigenvalue weighted by Crippen LogP contribution is 2.16. The minimum atomic E-state index is -0.357. The fourth-order valence-corrected chi connectivity index (χ4v) is 1.72. The third-order valence-electron chi connectivity index (χ3n) is 2.69. The van der Waals surface area contributed by atoms with E-state index in [0.29, 0.717) is 17.2 Å². The third kappa shape index (κ3) is 2.68. The molecular formula is C13H11N7O. The summed E-state index contributed by atoms with van der Waals surface area (Å²) in [7, 11) is 0. The second-order valence-electron chi connectivity index (χ2n) is 4.15.